The van der Waals surface area contributed by atoms with Crippen molar-refractivity contribution in [3.05, 3.63) is 74.4 Å². The molecule has 0 unspecified atom stereocenters. The Hall–Kier alpha value is -3.21. The molecule has 0 bridgehead atoms. The van der Waals surface area contributed by atoms with Gasteiger partial charge in [-0.3, -0.25) is 4.79 Å². The first-order valence-electron chi connectivity index (χ1n) is 7.42. The molecule has 140 valence electrons. The lowest BCUT2D eigenvalue weighted by molar-refractivity contribution is 0.0991. The summed E-state index contributed by atoms with van der Waals surface area (Å²) in [5, 5.41) is 4.04. The monoisotopic (exact) mass is 439 g/mol. The molecule has 2 aromatic carbocycles. The van der Waals surface area contributed by atoms with Gasteiger partial charge in [-0.2, -0.15) is 9.36 Å². The fourth-order valence-electron chi connectivity index (χ4n) is 2.28. The molecule has 1 amide bonds. The summed E-state index contributed by atoms with van der Waals surface area (Å²) in [6, 6.07) is 8.54. The molecule has 3 aromatic rings. The summed E-state index contributed by atoms with van der Waals surface area (Å²) in [5.41, 5.74) is 3.85. The number of hydrogen-bond acceptors (Lipinski definition) is 5. The molecule has 8 nitrogen and oxygen atoms in total. The summed E-state index contributed by atoms with van der Waals surface area (Å²) in [6.45, 7) is -0.407. The number of benzene rings is 2. The Morgan fingerprint density at radius 1 is 1.19 bits per heavy atom. The molecule has 0 aliphatic heterocycles. The first-order valence-corrected chi connectivity index (χ1v) is 8.21. The number of aromatic nitrogens is 3. The number of halogens is 3. The topological polar surface area (TPSA) is 118 Å². The van der Waals surface area contributed by atoms with E-state index < -0.39 is 41.2 Å². The highest BCUT2D eigenvalue weighted by atomic mass is 79.9. The van der Waals surface area contributed by atoms with E-state index in [4.69, 9.17) is 16.3 Å². The zero-order valence-electron chi connectivity index (χ0n) is 13.5. The highest BCUT2D eigenvalue weighted by molar-refractivity contribution is 9.10. The van der Waals surface area contributed by atoms with Gasteiger partial charge in [-0.1, -0.05) is 15.9 Å². The van der Waals surface area contributed by atoms with Crippen molar-refractivity contribution in [3.63, 3.8) is 0 Å². The highest BCUT2D eigenvalue weighted by Gasteiger charge is 2.20. The van der Waals surface area contributed by atoms with Crippen LogP contribution in [-0.4, -0.2) is 20.4 Å². The van der Waals surface area contributed by atoms with E-state index >= 15 is 0 Å². The maximum atomic E-state index is 14.2. The van der Waals surface area contributed by atoms with Crippen LogP contribution in [0, 0.1) is 11.6 Å². The minimum absolute atomic E-state index is 0.0210. The van der Waals surface area contributed by atoms with Crippen LogP contribution in [-0.2, 0) is 6.61 Å². The molecule has 0 aliphatic carbocycles. The van der Waals surface area contributed by atoms with Crippen LogP contribution in [0.15, 0.2) is 45.7 Å². The number of primary amides is 1. The van der Waals surface area contributed by atoms with Gasteiger partial charge in [0.2, 0.25) is 0 Å². The molecule has 27 heavy (non-hydrogen) atoms. The first-order chi connectivity index (χ1) is 12.8. The average molecular weight is 440 g/mol. The minimum atomic E-state index is -1.27. The van der Waals surface area contributed by atoms with E-state index in [9.17, 15) is 18.4 Å². The molecule has 1 aromatic heterocycles. The summed E-state index contributed by atoms with van der Waals surface area (Å²) in [4.78, 5) is 23.4. The van der Waals surface area contributed by atoms with Crippen LogP contribution in [0.5, 0.6) is 5.75 Å². The van der Waals surface area contributed by atoms with Crippen molar-refractivity contribution in [2.75, 3.05) is 5.84 Å². The van der Waals surface area contributed by atoms with E-state index in [1.165, 1.54) is 0 Å². The third-order valence-corrected chi connectivity index (χ3v) is 4.14. The Labute approximate surface area is 159 Å². The Morgan fingerprint density at radius 3 is 2.48 bits per heavy atom. The highest BCUT2D eigenvalue weighted by Crippen LogP contribution is 2.23. The number of rotatable bonds is 5. The maximum absolute atomic E-state index is 14.2. The van der Waals surface area contributed by atoms with Crippen LogP contribution < -0.4 is 22.0 Å². The quantitative estimate of drug-likeness (QED) is 0.583. The second-order valence-electron chi connectivity index (χ2n) is 5.34. The van der Waals surface area contributed by atoms with Crippen molar-refractivity contribution in [2.24, 2.45) is 5.73 Å². The largest absolute Gasteiger partial charge is 0.482 e. The summed E-state index contributed by atoms with van der Waals surface area (Å²) >= 11 is 3.28. The number of ether oxygens (including phenoxy) is 1. The Morgan fingerprint density at radius 2 is 1.85 bits per heavy atom. The van der Waals surface area contributed by atoms with Crippen molar-refractivity contribution < 1.29 is 18.3 Å². The Kier molecular flexibility index (Phi) is 4.95. The first kappa shape index (κ1) is 18.6. The van der Waals surface area contributed by atoms with Crippen molar-refractivity contribution in [1.82, 2.24) is 14.5 Å². The average Bonchev–Trinajstić information content (AvgIpc) is 2.90. The number of nitrogen functional groups attached to an aromatic ring is 1. The van der Waals surface area contributed by atoms with E-state index in [-0.39, 0.29) is 5.82 Å². The predicted molar refractivity (Wildman–Crippen MR) is 94.9 cm³/mol. The Bertz CT molecular complexity index is 1080. The maximum Gasteiger partial charge on any atom is 0.369 e. The minimum Gasteiger partial charge on any atom is -0.482 e. The van der Waals surface area contributed by atoms with Crippen molar-refractivity contribution in [2.45, 2.75) is 6.61 Å². The molecular formula is C16H12BrF2N5O3. The van der Waals surface area contributed by atoms with Gasteiger partial charge in [0.05, 0.1) is 5.69 Å². The van der Waals surface area contributed by atoms with Gasteiger partial charge in [-0.05, 0) is 36.4 Å². The van der Waals surface area contributed by atoms with Crippen molar-refractivity contribution >= 4 is 21.8 Å². The zero-order chi connectivity index (χ0) is 19.7. The van der Waals surface area contributed by atoms with Gasteiger partial charge in [0.15, 0.2) is 17.4 Å². The SMILES string of the molecule is NC(=O)c1c(F)ccc(OCc2nn(-c3ccc(Br)cc3)c(=O)n2N)c1F. The second kappa shape index (κ2) is 7.19. The molecule has 0 spiro atoms. The lowest BCUT2D eigenvalue weighted by Gasteiger charge is -2.09. The van der Waals surface area contributed by atoms with E-state index in [0.29, 0.717) is 5.69 Å². The van der Waals surface area contributed by atoms with Crippen LogP contribution >= 0.6 is 15.9 Å². The van der Waals surface area contributed by atoms with Gasteiger partial charge in [0.1, 0.15) is 18.0 Å². The number of carbonyl (C=O) groups is 1. The van der Waals surface area contributed by atoms with Crippen LogP contribution in [0.2, 0.25) is 0 Å². The third kappa shape index (κ3) is 3.53. The summed E-state index contributed by atoms with van der Waals surface area (Å²) < 4.78 is 35.5. The predicted octanol–water partition coefficient (Wildman–Crippen LogP) is 1.47. The molecular weight excluding hydrogens is 428 g/mol. The molecule has 0 atom stereocenters. The third-order valence-electron chi connectivity index (χ3n) is 3.61. The number of hydrogen-bond donors (Lipinski definition) is 2. The summed E-state index contributed by atoms with van der Waals surface area (Å²) in [6.07, 6.45) is 0. The zero-order valence-corrected chi connectivity index (χ0v) is 15.1. The summed E-state index contributed by atoms with van der Waals surface area (Å²) in [5.74, 6) is 1.59. The second-order valence-corrected chi connectivity index (χ2v) is 6.26. The number of carbonyl (C=O) groups excluding carboxylic acids is 1. The van der Waals surface area contributed by atoms with Gasteiger partial charge < -0.3 is 16.3 Å². The van der Waals surface area contributed by atoms with E-state index in [2.05, 4.69) is 21.0 Å². The molecule has 1 heterocycles. The Balaban J connectivity index is 1.89. The van der Waals surface area contributed by atoms with Crippen LogP contribution in [0.4, 0.5) is 8.78 Å². The number of nitrogens with two attached hydrogens (primary N) is 2. The van der Waals surface area contributed by atoms with Crippen LogP contribution in [0.3, 0.4) is 0 Å². The van der Waals surface area contributed by atoms with Gasteiger partial charge in [-0.15, -0.1) is 5.10 Å². The smallest absolute Gasteiger partial charge is 0.369 e. The fraction of sp³-hybridized carbons (Fsp3) is 0.0625. The lowest BCUT2D eigenvalue weighted by atomic mass is 10.1. The standard InChI is InChI=1S/C16H12BrF2N5O3/c17-8-1-3-9(4-2-8)24-16(26)23(21)12(22-24)7-27-11-6-5-10(18)13(14(11)19)15(20)25/h1-6H,7,21H2,(H2,20,25). The van der Waals surface area contributed by atoms with Crippen molar-refractivity contribution in [3.8, 4) is 11.4 Å². The lowest BCUT2D eigenvalue weighted by Crippen LogP contribution is -2.30. The molecule has 0 fully saturated rings. The molecule has 11 heteroatoms. The van der Waals surface area contributed by atoms with E-state index in [1.54, 1.807) is 24.3 Å². The molecule has 3 rings (SSSR count). The fourth-order valence-corrected chi connectivity index (χ4v) is 2.55. The van der Waals surface area contributed by atoms with Crippen LogP contribution in [0.25, 0.3) is 5.69 Å². The van der Waals surface area contributed by atoms with E-state index in [0.717, 1.165) is 26.0 Å². The molecule has 0 aliphatic rings. The van der Waals surface area contributed by atoms with Crippen LogP contribution in [0.1, 0.15) is 16.2 Å². The molecule has 0 saturated carbocycles. The van der Waals surface area contributed by atoms with Gasteiger partial charge in [-0.25, -0.2) is 13.6 Å². The molecule has 0 saturated heterocycles. The molecule has 4 N–H and O–H groups in total. The van der Waals surface area contributed by atoms with Crippen molar-refractivity contribution in [1.29, 1.82) is 0 Å². The van der Waals surface area contributed by atoms with Gasteiger partial charge >= 0.3 is 5.69 Å². The normalized spacial score (nSPS) is 10.8. The molecule has 0 radical (unpaired) electrons. The number of nitrogens with zero attached hydrogens (tertiary/aromatic N) is 3. The van der Waals surface area contributed by atoms with Gasteiger partial charge in [0, 0.05) is 4.47 Å². The van der Waals surface area contributed by atoms with E-state index in [1.807, 2.05) is 0 Å². The summed E-state index contributed by atoms with van der Waals surface area (Å²) in [7, 11) is 0. The number of amides is 1. The van der Waals surface area contributed by atoms with Gasteiger partial charge in [0.25, 0.3) is 5.91 Å².